The average Bonchev–Trinajstić information content (AvgIpc) is 3.03. The highest BCUT2D eigenvalue weighted by molar-refractivity contribution is 6.74. The standard InChI is InChI=1S/C29H44O7Si/c1-14-13-28-15(2)12-18-20(27(18,8)9)19(22(28)31)21(36-37(10,11)26(5,6)7)16(3)24-29(28,35-25(32)34-24)23(14)33-17(4)30/h13,15-16,18-21,23-24H,12H2,1-11H3/t15-,16+,18-,19-,20-,21-,23?,24-,28+,29?/m1/s1. The lowest BCUT2D eigenvalue weighted by Gasteiger charge is -2.47. The first-order valence-electron chi connectivity index (χ1n) is 13.8. The van der Waals surface area contributed by atoms with Gasteiger partial charge in [0, 0.05) is 18.8 Å². The zero-order valence-corrected chi connectivity index (χ0v) is 25.3. The van der Waals surface area contributed by atoms with E-state index in [4.69, 9.17) is 18.6 Å². The molecule has 10 atom stereocenters. The molecule has 7 nitrogen and oxygen atoms in total. The van der Waals surface area contributed by atoms with Crippen LogP contribution in [-0.2, 0) is 28.2 Å². The lowest BCUT2D eigenvalue weighted by atomic mass is 9.59. The van der Waals surface area contributed by atoms with Crippen LogP contribution in [0.4, 0.5) is 4.79 Å². The molecule has 2 spiro atoms. The first-order valence-corrected chi connectivity index (χ1v) is 16.7. The third kappa shape index (κ3) is 3.23. The average molecular weight is 533 g/mol. The Morgan fingerprint density at radius 2 is 1.78 bits per heavy atom. The van der Waals surface area contributed by atoms with Crippen LogP contribution in [0.25, 0.3) is 0 Å². The molecular formula is C29H44O7Si. The van der Waals surface area contributed by atoms with Crippen molar-refractivity contribution in [2.24, 2.45) is 40.4 Å². The van der Waals surface area contributed by atoms with Crippen molar-refractivity contribution in [1.29, 1.82) is 0 Å². The largest absolute Gasteiger partial charge is 0.509 e. The topological polar surface area (TPSA) is 88.1 Å². The van der Waals surface area contributed by atoms with Gasteiger partial charge in [-0.3, -0.25) is 9.59 Å². The lowest BCUT2D eigenvalue weighted by molar-refractivity contribution is -0.181. The summed E-state index contributed by atoms with van der Waals surface area (Å²) in [4.78, 5) is 40.5. The van der Waals surface area contributed by atoms with Gasteiger partial charge in [0.25, 0.3) is 0 Å². The van der Waals surface area contributed by atoms with E-state index in [9.17, 15) is 9.59 Å². The molecule has 2 bridgehead atoms. The summed E-state index contributed by atoms with van der Waals surface area (Å²) in [6.45, 7) is 22.9. The fourth-order valence-corrected chi connectivity index (χ4v) is 9.82. The predicted molar refractivity (Wildman–Crippen MR) is 140 cm³/mol. The van der Waals surface area contributed by atoms with Crippen molar-refractivity contribution in [3.05, 3.63) is 11.6 Å². The molecule has 37 heavy (non-hydrogen) atoms. The van der Waals surface area contributed by atoms with Gasteiger partial charge in [0.05, 0.1) is 11.5 Å². The van der Waals surface area contributed by atoms with E-state index in [-0.39, 0.29) is 39.9 Å². The van der Waals surface area contributed by atoms with Gasteiger partial charge in [-0.05, 0) is 60.2 Å². The van der Waals surface area contributed by atoms with Crippen molar-refractivity contribution < 1.29 is 33.0 Å². The molecule has 0 radical (unpaired) electrons. The van der Waals surface area contributed by atoms with Crippen molar-refractivity contribution in [2.75, 3.05) is 0 Å². The van der Waals surface area contributed by atoms with E-state index in [1.54, 1.807) is 0 Å². The minimum atomic E-state index is -2.33. The van der Waals surface area contributed by atoms with Gasteiger partial charge in [-0.1, -0.05) is 54.5 Å². The van der Waals surface area contributed by atoms with Crippen LogP contribution in [0, 0.1) is 40.4 Å². The van der Waals surface area contributed by atoms with Crippen molar-refractivity contribution >= 4 is 26.2 Å². The molecule has 3 saturated carbocycles. The van der Waals surface area contributed by atoms with E-state index >= 15 is 4.79 Å². The highest BCUT2D eigenvalue weighted by atomic mass is 28.4. The molecular weight excluding hydrogens is 488 g/mol. The molecule has 5 aliphatic rings. The Balaban J connectivity index is 1.77. The summed E-state index contributed by atoms with van der Waals surface area (Å²) in [6, 6.07) is 0. The fourth-order valence-electron chi connectivity index (χ4n) is 8.42. The number of rotatable bonds is 3. The molecule has 0 amide bonds. The first-order chi connectivity index (χ1) is 16.8. The van der Waals surface area contributed by atoms with Crippen LogP contribution in [0.15, 0.2) is 11.6 Å². The van der Waals surface area contributed by atoms with Gasteiger partial charge >= 0.3 is 12.1 Å². The molecule has 1 aliphatic heterocycles. The third-order valence-corrected chi connectivity index (χ3v) is 15.8. The van der Waals surface area contributed by atoms with Gasteiger partial charge in [0.2, 0.25) is 5.60 Å². The Labute approximate surface area is 222 Å². The van der Waals surface area contributed by atoms with Crippen LogP contribution in [-0.4, -0.2) is 50.1 Å². The monoisotopic (exact) mass is 532 g/mol. The second kappa shape index (κ2) is 7.71. The van der Waals surface area contributed by atoms with E-state index in [1.165, 1.54) is 6.92 Å². The van der Waals surface area contributed by atoms with Gasteiger partial charge in [-0.25, -0.2) is 4.79 Å². The number of Topliss-reactive ketones (excluding diaryl/α,β-unsaturated/α-hetero) is 1. The number of ketones is 1. The van der Waals surface area contributed by atoms with E-state index in [1.807, 2.05) is 19.9 Å². The van der Waals surface area contributed by atoms with E-state index in [0.29, 0.717) is 5.92 Å². The quantitative estimate of drug-likeness (QED) is 0.263. The number of carbonyl (C=O) groups excluding carboxylic acids is 3. The van der Waals surface area contributed by atoms with Crippen LogP contribution >= 0.6 is 0 Å². The number of fused-ring (bicyclic) bond motifs is 3. The van der Waals surface area contributed by atoms with Crippen molar-refractivity contribution in [1.82, 2.24) is 0 Å². The molecule has 4 fully saturated rings. The maximum atomic E-state index is 15.2. The molecule has 5 rings (SSSR count). The van der Waals surface area contributed by atoms with E-state index in [2.05, 4.69) is 54.6 Å². The summed E-state index contributed by atoms with van der Waals surface area (Å²) in [5, 5.41) is -0.0660. The summed E-state index contributed by atoms with van der Waals surface area (Å²) in [5.74, 6) is -0.719. The molecule has 0 aromatic rings. The van der Waals surface area contributed by atoms with Gasteiger partial charge in [-0.2, -0.15) is 0 Å². The van der Waals surface area contributed by atoms with Crippen molar-refractivity contribution in [3.63, 3.8) is 0 Å². The van der Waals surface area contributed by atoms with Crippen LogP contribution in [0.5, 0.6) is 0 Å². The van der Waals surface area contributed by atoms with Crippen LogP contribution < -0.4 is 0 Å². The minimum Gasteiger partial charge on any atom is -0.454 e. The number of ether oxygens (including phenoxy) is 3. The molecule has 0 N–H and O–H groups in total. The minimum absolute atomic E-state index is 0.0156. The molecule has 2 unspecified atom stereocenters. The maximum absolute atomic E-state index is 15.2. The van der Waals surface area contributed by atoms with Crippen LogP contribution in [0.2, 0.25) is 18.1 Å². The second-order valence-corrected chi connectivity index (χ2v) is 19.4. The zero-order chi connectivity index (χ0) is 27.7. The van der Waals surface area contributed by atoms with Gasteiger partial charge in [0.15, 0.2) is 26.3 Å². The highest BCUT2D eigenvalue weighted by Gasteiger charge is 2.83. The second-order valence-electron chi connectivity index (χ2n) is 14.6. The maximum Gasteiger partial charge on any atom is 0.509 e. The SMILES string of the molecule is CC(=O)OC1C(C)=C[C@]23C(=O)[C@@H]([C@H](O[Si](C)(C)C(C)(C)C)[C@H](C)[C@H]4OC(=O)OC142)[C@H]1[C@@H](C[C@H]3C)C1(C)C. The van der Waals surface area contributed by atoms with Crippen LogP contribution in [0.1, 0.15) is 68.7 Å². The molecule has 1 heterocycles. The number of carbonyl (C=O) groups is 3. The summed E-state index contributed by atoms with van der Waals surface area (Å²) in [6.07, 6.45) is -0.125. The Kier molecular flexibility index (Phi) is 5.61. The van der Waals surface area contributed by atoms with E-state index < -0.39 is 49.8 Å². The van der Waals surface area contributed by atoms with Gasteiger partial charge < -0.3 is 18.6 Å². The molecule has 206 valence electrons. The summed E-state index contributed by atoms with van der Waals surface area (Å²) < 4.78 is 25.2. The Bertz CT molecular complexity index is 1090. The molecule has 4 aliphatic carbocycles. The third-order valence-electron chi connectivity index (χ3n) is 11.3. The summed E-state index contributed by atoms with van der Waals surface area (Å²) in [7, 11) is -2.33. The number of hydrogen-bond acceptors (Lipinski definition) is 7. The molecule has 1 saturated heterocycles. The Morgan fingerprint density at radius 1 is 1.16 bits per heavy atom. The lowest BCUT2D eigenvalue weighted by Crippen LogP contribution is -2.65. The first kappa shape index (κ1) is 26.9. The van der Waals surface area contributed by atoms with Gasteiger partial charge in [-0.15, -0.1) is 0 Å². The predicted octanol–water partition coefficient (Wildman–Crippen LogP) is 5.68. The fraction of sp³-hybridized carbons (Fsp3) is 0.828. The summed E-state index contributed by atoms with van der Waals surface area (Å²) in [5.41, 5.74) is -1.84. The van der Waals surface area contributed by atoms with Gasteiger partial charge in [0.1, 0.15) is 0 Å². The highest BCUT2D eigenvalue weighted by Crippen LogP contribution is 2.74. The normalized spacial score (nSPS) is 45.9. The number of hydrogen-bond donors (Lipinski definition) is 0. The molecule has 0 aromatic carbocycles. The molecule has 0 aromatic heterocycles. The Hall–Kier alpha value is -1.67. The Morgan fingerprint density at radius 3 is 2.35 bits per heavy atom. The van der Waals surface area contributed by atoms with Crippen molar-refractivity contribution in [2.45, 2.75) is 111 Å². The van der Waals surface area contributed by atoms with Crippen molar-refractivity contribution in [3.8, 4) is 0 Å². The smallest absolute Gasteiger partial charge is 0.454 e. The van der Waals surface area contributed by atoms with E-state index in [0.717, 1.165) is 12.0 Å². The van der Waals surface area contributed by atoms with Crippen LogP contribution in [0.3, 0.4) is 0 Å². The molecule has 8 heteroatoms. The zero-order valence-electron chi connectivity index (χ0n) is 24.3. The summed E-state index contributed by atoms with van der Waals surface area (Å²) >= 11 is 0. The number of esters is 1.